The van der Waals surface area contributed by atoms with Crippen LogP contribution in [0, 0.1) is 13.8 Å². The summed E-state index contributed by atoms with van der Waals surface area (Å²) in [5.74, 6) is -0.820. The highest BCUT2D eigenvalue weighted by molar-refractivity contribution is 9.10. The van der Waals surface area contributed by atoms with E-state index in [0.29, 0.717) is 5.69 Å². The van der Waals surface area contributed by atoms with Crippen molar-refractivity contribution in [3.63, 3.8) is 0 Å². The number of anilines is 1. The average Bonchev–Trinajstić information content (AvgIpc) is 2.84. The first kappa shape index (κ1) is 30.4. The monoisotopic (exact) mass is 613 g/mol. The number of rotatable bonds is 9. The molecule has 0 heterocycles. The van der Waals surface area contributed by atoms with Crippen molar-refractivity contribution in [1.29, 1.82) is 0 Å². The molecular weight excluding hydrogens is 578 g/mol. The van der Waals surface area contributed by atoms with Crippen molar-refractivity contribution in [2.45, 2.75) is 64.6 Å². The molecule has 9 heteroatoms. The highest BCUT2D eigenvalue weighted by Crippen LogP contribution is 2.27. The second-order valence-corrected chi connectivity index (χ2v) is 13.5. The number of benzene rings is 3. The van der Waals surface area contributed by atoms with Crippen LogP contribution in [0.1, 0.15) is 44.4 Å². The fourth-order valence-corrected chi connectivity index (χ4v) is 6.10. The molecule has 0 aliphatic heterocycles. The number of hydrogen-bond acceptors (Lipinski definition) is 4. The van der Waals surface area contributed by atoms with E-state index in [2.05, 4.69) is 21.2 Å². The molecular formula is C30H36BrN3O4S. The fourth-order valence-electron chi connectivity index (χ4n) is 4.23. The van der Waals surface area contributed by atoms with Crippen molar-refractivity contribution in [3.05, 3.63) is 94.0 Å². The van der Waals surface area contributed by atoms with E-state index in [-0.39, 0.29) is 17.3 Å². The van der Waals surface area contributed by atoms with Crippen LogP contribution in [0.3, 0.4) is 0 Å². The molecule has 0 bridgehead atoms. The summed E-state index contributed by atoms with van der Waals surface area (Å²) in [6, 6.07) is 20.1. The summed E-state index contributed by atoms with van der Waals surface area (Å²) in [5, 5.41) is 2.93. The summed E-state index contributed by atoms with van der Waals surface area (Å²) in [4.78, 5) is 28.7. The third-order valence-electron chi connectivity index (χ3n) is 6.01. The van der Waals surface area contributed by atoms with Gasteiger partial charge in [-0.25, -0.2) is 8.42 Å². The third-order valence-corrected chi connectivity index (χ3v) is 8.29. The molecule has 1 unspecified atom stereocenters. The zero-order valence-corrected chi connectivity index (χ0v) is 25.6. The second kappa shape index (κ2) is 12.3. The van der Waals surface area contributed by atoms with Gasteiger partial charge in [0.05, 0.1) is 10.6 Å². The third kappa shape index (κ3) is 8.16. The van der Waals surface area contributed by atoms with Gasteiger partial charge in [0, 0.05) is 16.6 Å². The number of carbonyl (C=O) groups is 2. The van der Waals surface area contributed by atoms with E-state index in [9.17, 15) is 18.0 Å². The molecule has 39 heavy (non-hydrogen) atoms. The number of halogens is 1. The second-order valence-electron chi connectivity index (χ2n) is 10.7. The molecule has 0 saturated heterocycles. The number of nitrogens with one attached hydrogen (secondary N) is 1. The number of hydrogen-bond donors (Lipinski definition) is 1. The first-order chi connectivity index (χ1) is 18.2. The van der Waals surface area contributed by atoms with Gasteiger partial charge in [-0.3, -0.25) is 13.9 Å². The Kier molecular flexibility index (Phi) is 9.61. The number of sulfonamides is 1. The van der Waals surface area contributed by atoms with Gasteiger partial charge in [0.15, 0.2) is 0 Å². The van der Waals surface area contributed by atoms with Crippen molar-refractivity contribution in [1.82, 2.24) is 10.2 Å². The summed E-state index contributed by atoms with van der Waals surface area (Å²) in [7, 11) is -4.09. The number of nitrogens with zero attached hydrogens (tertiary/aromatic N) is 2. The van der Waals surface area contributed by atoms with Crippen LogP contribution < -0.4 is 9.62 Å². The lowest BCUT2D eigenvalue weighted by Gasteiger charge is -2.33. The summed E-state index contributed by atoms with van der Waals surface area (Å²) in [6.45, 7) is 10.7. The van der Waals surface area contributed by atoms with Gasteiger partial charge in [0.1, 0.15) is 12.6 Å². The molecule has 0 radical (unpaired) electrons. The molecule has 3 rings (SSSR count). The van der Waals surface area contributed by atoms with Crippen molar-refractivity contribution in [2.24, 2.45) is 0 Å². The molecule has 1 atom stereocenters. The standard InChI is InChI=1S/C30H36BrN3O4S/c1-21-15-22(2)17-26(16-21)34(39(37,38)27-13-8-7-9-14-27)20-28(35)33(19-24-11-10-12-25(31)18-24)23(3)29(36)32-30(4,5)6/h7-18,23H,19-20H2,1-6H3,(H,32,36). The lowest BCUT2D eigenvalue weighted by molar-refractivity contribution is -0.140. The van der Waals surface area contributed by atoms with Crippen LogP contribution in [0.25, 0.3) is 0 Å². The maximum absolute atomic E-state index is 14.0. The minimum absolute atomic E-state index is 0.0778. The zero-order valence-electron chi connectivity index (χ0n) is 23.2. The summed E-state index contributed by atoms with van der Waals surface area (Å²) >= 11 is 3.46. The molecule has 0 aliphatic carbocycles. The SMILES string of the molecule is Cc1cc(C)cc(N(CC(=O)N(Cc2cccc(Br)c2)C(C)C(=O)NC(C)(C)C)S(=O)(=O)c2ccccc2)c1. The summed E-state index contributed by atoms with van der Waals surface area (Å²) in [6.07, 6.45) is 0. The van der Waals surface area contributed by atoms with Crippen LogP contribution in [0.5, 0.6) is 0 Å². The molecule has 0 fully saturated rings. The molecule has 7 nitrogen and oxygen atoms in total. The van der Waals surface area contributed by atoms with E-state index < -0.39 is 34.1 Å². The van der Waals surface area contributed by atoms with Gasteiger partial charge < -0.3 is 10.2 Å². The van der Waals surface area contributed by atoms with Gasteiger partial charge in [-0.2, -0.15) is 0 Å². The Balaban J connectivity index is 2.06. The van der Waals surface area contributed by atoms with Crippen molar-refractivity contribution < 1.29 is 18.0 Å². The topological polar surface area (TPSA) is 86.8 Å². The lowest BCUT2D eigenvalue weighted by atomic mass is 10.1. The van der Waals surface area contributed by atoms with Crippen molar-refractivity contribution in [2.75, 3.05) is 10.8 Å². The van der Waals surface area contributed by atoms with Crippen molar-refractivity contribution in [3.8, 4) is 0 Å². The van der Waals surface area contributed by atoms with E-state index in [1.165, 1.54) is 17.0 Å². The Bertz CT molecular complexity index is 1420. The molecule has 0 aromatic heterocycles. The Morgan fingerprint density at radius 1 is 0.923 bits per heavy atom. The highest BCUT2D eigenvalue weighted by atomic mass is 79.9. The molecule has 0 aliphatic rings. The molecule has 3 aromatic rings. The molecule has 2 amide bonds. The van der Waals surface area contributed by atoms with Gasteiger partial charge in [-0.05, 0) is 94.6 Å². The first-order valence-corrected chi connectivity index (χ1v) is 14.9. The van der Waals surface area contributed by atoms with Crippen molar-refractivity contribution >= 4 is 43.5 Å². The smallest absolute Gasteiger partial charge is 0.264 e. The number of amides is 2. The fraction of sp³-hybridized carbons (Fsp3) is 0.333. The Labute approximate surface area is 240 Å². The van der Waals surface area contributed by atoms with Gasteiger partial charge in [0.25, 0.3) is 10.0 Å². The first-order valence-electron chi connectivity index (χ1n) is 12.7. The van der Waals surface area contributed by atoms with Crippen LogP contribution in [0.2, 0.25) is 0 Å². The van der Waals surface area contributed by atoms with Gasteiger partial charge in [-0.1, -0.05) is 52.3 Å². The maximum atomic E-state index is 14.0. The van der Waals surface area contributed by atoms with E-state index >= 15 is 0 Å². The summed E-state index contributed by atoms with van der Waals surface area (Å²) in [5.41, 5.74) is 2.43. The molecule has 208 valence electrons. The van der Waals surface area contributed by atoms with Crippen LogP contribution in [0.4, 0.5) is 5.69 Å². The van der Waals surface area contributed by atoms with E-state index in [4.69, 9.17) is 0 Å². The minimum Gasteiger partial charge on any atom is -0.350 e. The average molecular weight is 615 g/mol. The predicted molar refractivity (Wildman–Crippen MR) is 159 cm³/mol. The Morgan fingerprint density at radius 2 is 1.54 bits per heavy atom. The van der Waals surface area contributed by atoms with E-state index in [0.717, 1.165) is 25.5 Å². The number of carbonyl (C=O) groups excluding carboxylic acids is 2. The highest BCUT2D eigenvalue weighted by Gasteiger charge is 2.33. The van der Waals surface area contributed by atoms with E-state index in [1.54, 1.807) is 37.3 Å². The largest absolute Gasteiger partial charge is 0.350 e. The minimum atomic E-state index is -4.09. The van der Waals surface area contributed by atoms with Gasteiger partial charge in [0.2, 0.25) is 11.8 Å². The zero-order chi connectivity index (χ0) is 29.0. The molecule has 0 spiro atoms. The quantitative estimate of drug-likeness (QED) is 0.341. The van der Waals surface area contributed by atoms with Gasteiger partial charge >= 0.3 is 0 Å². The Morgan fingerprint density at radius 3 is 2.10 bits per heavy atom. The molecule has 1 N–H and O–H groups in total. The van der Waals surface area contributed by atoms with Gasteiger partial charge in [-0.15, -0.1) is 0 Å². The normalized spacial score (nSPS) is 12.5. The summed E-state index contributed by atoms with van der Waals surface area (Å²) < 4.78 is 29.7. The van der Waals surface area contributed by atoms with Crippen LogP contribution in [0.15, 0.2) is 82.2 Å². The van der Waals surface area contributed by atoms with E-state index in [1.807, 2.05) is 65.0 Å². The molecule has 3 aromatic carbocycles. The predicted octanol–water partition coefficient (Wildman–Crippen LogP) is 5.59. The van der Waals surface area contributed by atoms with Crippen LogP contribution >= 0.6 is 15.9 Å². The van der Waals surface area contributed by atoms with Crippen LogP contribution in [-0.4, -0.2) is 43.3 Å². The number of aryl methyl sites for hydroxylation is 2. The maximum Gasteiger partial charge on any atom is 0.264 e. The lowest BCUT2D eigenvalue weighted by Crippen LogP contribution is -2.54. The Hall–Kier alpha value is -3.17. The van der Waals surface area contributed by atoms with Crippen LogP contribution in [-0.2, 0) is 26.2 Å². The molecule has 0 saturated carbocycles.